The maximum Gasteiger partial charge on any atom is 0.226 e. The molecule has 1 aromatic heterocycles. The van der Waals surface area contributed by atoms with Crippen molar-refractivity contribution in [1.29, 1.82) is 0 Å². The molecule has 6 heteroatoms. The zero-order valence-electron chi connectivity index (χ0n) is 17.8. The van der Waals surface area contributed by atoms with Crippen LogP contribution in [0.4, 0.5) is 0 Å². The Balaban J connectivity index is 1.26. The smallest absolute Gasteiger partial charge is 0.226 e. The number of nitrogens with one attached hydrogen (secondary N) is 1. The van der Waals surface area contributed by atoms with Gasteiger partial charge >= 0.3 is 0 Å². The molecular weight excluding hydrogens is 392 g/mol. The van der Waals surface area contributed by atoms with E-state index in [1.165, 1.54) is 16.7 Å². The van der Waals surface area contributed by atoms with Crippen molar-refractivity contribution in [3.8, 4) is 11.1 Å². The van der Waals surface area contributed by atoms with E-state index in [1.54, 1.807) is 6.07 Å². The van der Waals surface area contributed by atoms with E-state index in [0.29, 0.717) is 37.1 Å². The molecule has 0 spiro atoms. The lowest BCUT2D eigenvalue weighted by atomic mass is 9.97. The molecule has 1 unspecified atom stereocenters. The van der Waals surface area contributed by atoms with E-state index < -0.39 is 0 Å². The van der Waals surface area contributed by atoms with Gasteiger partial charge in [0.25, 0.3) is 0 Å². The van der Waals surface area contributed by atoms with Crippen LogP contribution in [0.15, 0.2) is 59.1 Å². The molecule has 1 amide bonds. The fourth-order valence-electron chi connectivity index (χ4n) is 3.77. The van der Waals surface area contributed by atoms with Crippen LogP contribution >= 0.6 is 0 Å². The van der Waals surface area contributed by atoms with Crippen molar-refractivity contribution in [2.45, 2.75) is 33.0 Å². The van der Waals surface area contributed by atoms with Crippen LogP contribution in [0.3, 0.4) is 0 Å². The first kappa shape index (κ1) is 21.3. The molecule has 1 N–H and O–H groups in total. The molecule has 2 aromatic carbocycles. The van der Waals surface area contributed by atoms with E-state index in [2.05, 4.69) is 47.7 Å². The Bertz CT molecular complexity index is 994. The number of benzene rings is 2. The van der Waals surface area contributed by atoms with Crippen molar-refractivity contribution in [1.82, 2.24) is 10.5 Å². The Labute approximate surface area is 182 Å². The van der Waals surface area contributed by atoms with Gasteiger partial charge in [0.2, 0.25) is 5.91 Å². The molecule has 31 heavy (non-hydrogen) atoms. The maximum absolute atomic E-state index is 12.1. The van der Waals surface area contributed by atoms with Gasteiger partial charge in [0.15, 0.2) is 5.76 Å². The fourth-order valence-corrected chi connectivity index (χ4v) is 3.77. The minimum Gasteiger partial charge on any atom is -0.381 e. The van der Waals surface area contributed by atoms with Gasteiger partial charge < -0.3 is 19.3 Å². The van der Waals surface area contributed by atoms with Gasteiger partial charge in [0, 0.05) is 25.1 Å². The average molecular weight is 421 g/mol. The number of nitrogens with zero attached hydrogens (tertiary/aromatic N) is 1. The monoisotopic (exact) mass is 420 g/mol. The minimum atomic E-state index is -0.0546. The second kappa shape index (κ2) is 10.4. The lowest BCUT2D eigenvalue weighted by Gasteiger charge is -2.11. The van der Waals surface area contributed by atoms with Gasteiger partial charge in [0.05, 0.1) is 25.3 Å². The summed E-state index contributed by atoms with van der Waals surface area (Å²) in [6.45, 7) is 5.05. The summed E-state index contributed by atoms with van der Waals surface area (Å²) in [7, 11) is 0. The van der Waals surface area contributed by atoms with Gasteiger partial charge in [-0.1, -0.05) is 53.7 Å². The third kappa shape index (κ3) is 5.81. The van der Waals surface area contributed by atoms with Crippen LogP contribution in [0.2, 0.25) is 0 Å². The Morgan fingerprint density at radius 3 is 2.84 bits per heavy atom. The van der Waals surface area contributed by atoms with Crippen LogP contribution < -0.4 is 5.32 Å². The number of amides is 1. The predicted octanol–water partition coefficient (Wildman–Crippen LogP) is 4.06. The first-order chi connectivity index (χ1) is 15.2. The molecule has 0 bridgehead atoms. The third-order valence-electron chi connectivity index (χ3n) is 5.59. The molecular formula is C25H28N2O4. The number of aromatic nitrogens is 1. The number of carbonyl (C=O) groups excluding carboxylic acids is 1. The molecule has 1 aliphatic rings. The molecule has 0 radical (unpaired) electrons. The third-order valence-corrected chi connectivity index (χ3v) is 5.59. The summed E-state index contributed by atoms with van der Waals surface area (Å²) in [5.41, 5.74) is 5.35. The second-order valence-electron chi connectivity index (χ2n) is 7.94. The van der Waals surface area contributed by atoms with E-state index in [9.17, 15) is 4.79 Å². The van der Waals surface area contributed by atoms with Crippen LogP contribution in [-0.4, -0.2) is 30.8 Å². The van der Waals surface area contributed by atoms with Crippen molar-refractivity contribution < 1.29 is 18.8 Å². The highest BCUT2D eigenvalue weighted by molar-refractivity contribution is 5.78. The summed E-state index contributed by atoms with van der Waals surface area (Å²) in [6, 6.07) is 18.4. The maximum atomic E-state index is 12.1. The van der Waals surface area contributed by atoms with Gasteiger partial charge in [-0.15, -0.1) is 0 Å². The molecule has 4 rings (SSSR count). The molecule has 1 saturated heterocycles. The van der Waals surface area contributed by atoms with Gasteiger partial charge in [0.1, 0.15) is 6.61 Å². The molecule has 0 saturated carbocycles. The van der Waals surface area contributed by atoms with Crippen molar-refractivity contribution >= 4 is 5.91 Å². The van der Waals surface area contributed by atoms with Gasteiger partial charge in [-0.3, -0.25) is 4.79 Å². The van der Waals surface area contributed by atoms with Crippen LogP contribution in [0.1, 0.15) is 29.0 Å². The first-order valence-electron chi connectivity index (χ1n) is 10.7. The molecule has 6 nitrogen and oxygen atoms in total. The SMILES string of the molecule is Cc1c(COCc2cc(CC(=O)NCC3CCOC3)no2)cccc1-c1ccccc1. The lowest BCUT2D eigenvalue weighted by Crippen LogP contribution is -2.30. The molecule has 1 fully saturated rings. The summed E-state index contributed by atoms with van der Waals surface area (Å²) >= 11 is 0. The van der Waals surface area contributed by atoms with Crippen molar-refractivity contribution in [3.05, 3.63) is 77.2 Å². The van der Waals surface area contributed by atoms with Crippen LogP contribution in [0, 0.1) is 12.8 Å². The van der Waals surface area contributed by atoms with E-state index in [-0.39, 0.29) is 12.3 Å². The standard InChI is InChI=1S/C25H28N2O4/c1-18-21(8-5-9-24(18)20-6-3-2-4-7-20)16-30-17-23-12-22(27-31-23)13-25(28)26-14-19-10-11-29-15-19/h2-9,12,19H,10-11,13-17H2,1H3,(H,26,28). The van der Waals surface area contributed by atoms with E-state index in [4.69, 9.17) is 14.0 Å². The predicted molar refractivity (Wildman–Crippen MR) is 117 cm³/mol. The molecule has 3 aromatic rings. The largest absolute Gasteiger partial charge is 0.381 e. The highest BCUT2D eigenvalue weighted by Gasteiger charge is 2.17. The van der Waals surface area contributed by atoms with Crippen LogP contribution in [0.5, 0.6) is 0 Å². The number of ether oxygens (including phenoxy) is 2. The highest BCUT2D eigenvalue weighted by atomic mass is 16.5. The topological polar surface area (TPSA) is 73.6 Å². The Kier molecular flexibility index (Phi) is 7.12. The Hall–Kier alpha value is -2.96. The lowest BCUT2D eigenvalue weighted by molar-refractivity contribution is -0.120. The number of hydrogen-bond donors (Lipinski definition) is 1. The fraction of sp³-hybridized carbons (Fsp3) is 0.360. The van der Waals surface area contributed by atoms with Crippen molar-refractivity contribution in [3.63, 3.8) is 0 Å². The quantitative estimate of drug-likeness (QED) is 0.565. The molecule has 162 valence electrons. The van der Waals surface area contributed by atoms with Gasteiger partial charge in [-0.05, 0) is 35.6 Å². The Morgan fingerprint density at radius 1 is 1.16 bits per heavy atom. The van der Waals surface area contributed by atoms with E-state index in [0.717, 1.165) is 25.2 Å². The molecule has 0 aliphatic carbocycles. The van der Waals surface area contributed by atoms with Crippen molar-refractivity contribution in [2.24, 2.45) is 5.92 Å². The summed E-state index contributed by atoms with van der Waals surface area (Å²) < 4.78 is 16.5. The zero-order valence-corrected chi connectivity index (χ0v) is 17.8. The van der Waals surface area contributed by atoms with Crippen LogP contribution in [-0.2, 0) is 33.9 Å². The van der Waals surface area contributed by atoms with Gasteiger partial charge in [-0.25, -0.2) is 0 Å². The molecule has 1 atom stereocenters. The number of hydrogen-bond acceptors (Lipinski definition) is 5. The molecule has 2 heterocycles. The highest BCUT2D eigenvalue weighted by Crippen LogP contribution is 2.26. The summed E-state index contributed by atoms with van der Waals surface area (Å²) in [5.74, 6) is 0.971. The Morgan fingerprint density at radius 2 is 2.03 bits per heavy atom. The van der Waals surface area contributed by atoms with Gasteiger partial charge in [-0.2, -0.15) is 0 Å². The summed E-state index contributed by atoms with van der Waals surface area (Å²) in [6.07, 6.45) is 1.20. The second-order valence-corrected chi connectivity index (χ2v) is 7.94. The van der Waals surface area contributed by atoms with E-state index >= 15 is 0 Å². The summed E-state index contributed by atoms with van der Waals surface area (Å²) in [5, 5.41) is 6.93. The first-order valence-corrected chi connectivity index (χ1v) is 10.7. The molecule has 1 aliphatic heterocycles. The van der Waals surface area contributed by atoms with Crippen molar-refractivity contribution in [2.75, 3.05) is 19.8 Å². The van der Waals surface area contributed by atoms with E-state index in [1.807, 2.05) is 18.2 Å². The minimum absolute atomic E-state index is 0.0546. The number of rotatable bonds is 9. The van der Waals surface area contributed by atoms with Crippen LogP contribution in [0.25, 0.3) is 11.1 Å². The normalized spacial score (nSPS) is 15.8. The number of carbonyl (C=O) groups is 1. The summed E-state index contributed by atoms with van der Waals surface area (Å²) in [4.78, 5) is 12.1. The average Bonchev–Trinajstić information content (AvgIpc) is 3.46. The zero-order chi connectivity index (χ0) is 21.5.